The normalized spacial score (nSPS) is 16.2. The SMILES string of the molecule is CCOc1ccccc1OCCCc1ccnc(C(=O)N[C@@H]2CCC[C@H](Nc3nc(-c4c[nH]c5ncc(F)cc45)ncc3F)C2)c1. The number of aromatic nitrogens is 5. The number of para-hydroxylation sites is 2. The van der Waals surface area contributed by atoms with Crippen LogP contribution in [0, 0.1) is 11.6 Å². The predicted octanol–water partition coefficient (Wildman–Crippen LogP) is 6.26. The van der Waals surface area contributed by atoms with Gasteiger partial charge >= 0.3 is 0 Å². The van der Waals surface area contributed by atoms with Gasteiger partial charge in [0.25, 0.3) is 5.91 Å². The van der Waals surface area contributed by atoms with Crippen LogP contribution in [-0.4, -0.2) is 56.1 Å². The van der Waals surface area contributed by atoms with Crippen LogP contribution in [0.25, 0.3) is 22.4 Å². The Balaban J connectivity index is 1.03. The van der Waals surface area contributed by atoms with Gasteiger partial charge in [-0.25, -0.2) is 23.7 Å². The Morgan fingerprint density at radius 2 is 1.85 bits per heavy atom. The van der Waals surface area contributed by atoms with Gasteiger partial charge in [0.05, 0.1) is 25.6 Å². The van der Waals surface area contributed by atoms with Gasteiger partial charge in [0.2, 0.25) is 0 Å². The second-order valence-corrected chi connectivity index (χ2v) is 11.2. The van der Waals surface area contributed by atoms with Crippen LogP contribution < -0.4 is 20.1 Å². The molecular formula is C34H35F2N7O3. The van der Waals surface area contributed by atoms with Crippen molar-refractivity contribution >= 4 is 22.8 Å². The van der Waals surface area contributed by atoms with E-state index in [2.05, 4.69) is 35.6 Å². The second-order valence-electron chi connectivity index (χ2n) is 11.2. The first-order chi connectivity index (χ1) is 22.5. The molecule has 0 spiro atoms. The van der Waals surface area contributed by atoms with E-state index in [9.17, 15) is 13.6 Å². The third-order valence-corrected chi connectivity index (χ3v) is 7.91. The molecule has 1 aromatic carbocycles. The molecule has 2 atom stereocenters. The Bertz CT molecular complexity index is 1820. The molecule has 1 fully saturated rings. The Labute approximate surface area is 265 Å². The number of carbonyl (C=O) groups excluding carboxylic acids is 1. The smallest absolute Gasteiger partial charge is 0.270 e. The molecule has 12 heteroatoms. The zero-order valence-corrected chi connectivity index (χ0v) is 25.4. The fourth-order valence-electron chi connectivity index (χ4n) is 5.72. The van der Waals surface area contributed by atoms with Crippen molar-refractivity contribution in [2.45, 2.75) is 57.5 Å². The van der Waals surface area contributed by atoms with Crippen molar-refractivity contribution in [1.82, 2.24) is 30.2 Å². The first-order valence-corrected chi connectivity index (χ1v) is 15.5. The highest BCUT2D eigenvalue weighted by Gasteiger charge is 2.25. The fourth-order valence-corrected chi connectivity index (χ4v) is 5.72. The van der Waals surface area contributed by atoms with Gasteiger partial charge in [-0.15, -0.1) is 0 Å². The maximum atomic E-state index is 14.8. The van der Waals surface area contributed by atoms with Gasteiger partial charge in [-0.3, -0.25) is 9.78 Å². The quantitative estimate of drug-likeness (QED) is 0.139. The van der Waals surface area contributed by atoms with Crippen molar-refractivity contribution in [2.24, 2.45) is 0 Å². The van der Waals surface area contributed by atoms with Gasteiger partial charge in [-0.05, 0) is 81.3 Å². The molecule has 0 saturated heterocycles. The summed E-state index contributed by atoms with van der Waals surface area (Å²) in [5, 5.41) is 6.81. The number of pyridine rings is 2. The monoisotopic (exact) mass is 627 g/mol. The van der Waals surface area contributed by atoms with Gasteiger partial charge in [0.1, 0.15) is 17.2 Å². The average Bonchev–Trinajstić information content (AvgIpc) is 3.48. The molecule has 1 aliphatic rings. The number of aromatic amines is 1. The van der Waals surface area contributed by atoms with E-state index in [-0.39, 0.29) is 29.6 Å². The Morgan fingerprint density at radius 3 is 2.70 bits per heavy atom. The lowest BCUT2D eigenvalue weighted by Crippen LogP contribution is -2.42. The molecule has 0 bridgehead atoms. The maximum Gasteiger partial charge on any atom is 0.270 e. The molecular weight excluding hydrogens is 592 g/mol. The van der Waals surface area contributed by atoms with Gasteiger partial charge in [-0.2, -0.15) is 0 Å². The molecule has 0 aliphatic heterocycles. The fraction of sp³-hybridized carbons (Fsp3) is 0.324. The first-order valence-electron chi connectivity index (χ1n) is 15.5. The summed E-state index contributed by atoms with van der Waals surface area (Å²) in [7, 11) is 0. The highest BCUT2D eigenvalue weighted by atomic mass is 19.1. The molecule has 1 saturated carbocycles. The topological polar surface area (TPSA) is 127 Å². The van der Waals surface area contributed by atoms with Crippen molar-refractivity contribution in [3.8, 4) is 22.9 Å². The van der Waals surface area contributed by atoms with Gasteiger partial charge in [0, 0.05) is 35.4 Å². The van der Waals surface area contributed by atoms with E-state index in [4.69, 9.17) is 9.47 Å². The standard InChI is InChI=1S/C34H35F2N7O3/c1-2-45-29-10-3-4-11-30(29)46-14-6-7-21-12-13-37-28(15-21)34(44)42-24-9-5-8-23(17-24)41-33-27(36)20-40-32(43-33)26-19-39-31-25(26)16-22(35)18-38-31/h3-4,10-13,15-16,18-20,23-24H,2,5-9,14,17H2,1H3,(H,38,39)(H,42,44)(H,40,41,43)/t23-,24+/m0/s1. The van der Waals surface area contributed by atoms with Crippen LogP contribution in [0.5, 0.6) is 11.5 Å². The van der Waals surface area contributed by atoms with Crippen LogP contribution in [0.2, 0.25) is 0 Å². The third-order valence-electron chi connectivity index (χ3n) is 7.91. The number of anilines is 1. The van der Waals surface area contributed by atoms with E-state index in [0.29, 0.717) is 47.7 Å². The minimum atomic E-state index is -0.594. The summed E-state index contributed by atoms with van der Waals surface area (Å²) < 4.78 is 40.2. The van der Waals surface area contributed by atoms with E-state index in [1.165, 1.54) is 6.07 Å². The molecule has 0 radical (unpaired) electrons. The number of carbonyl (C=O) groups is 1. The number of aryl methyl sites for hydroxylation is 1. The number of rotatable bonds is 12. The van der Waals surface area contributed by atoms with Crippen LogP contribution >= 0.6 is 0 Å². The van der Waals surface area contributed by atoms with E-state index < -0.39 is 11.6 Å². The zero-order chi connectivity index (χ0) is 31.9. The molecule has 4 heterocycles. The molecule has 1 aliphatic carbocycles. The summed E-state index contributed by atoms with van der Waals surface area (Å²) in [4.78, 5) is 33.0. The Hall–Kier alpha value is -5.13. The first kappa shape index (κ1) is 30.9. The number of amides is 1. The number of nitrogens with zero attached hydrogens (tertiary/aromatic N) is 4. The number of ether oxygens (including phenoxy) is 2. The largest absolute Gasteiger partial charge is 0.490 e. The lowest BCUT2D eigenvalue weighted by atomic mass is 9.90. The average molecular weight is 628 g/mol. The van der Waals surface area contributed by atoms with Crippen LogP contribution in [-0.2, 0) is 6.42 Å². The van der Waals surface area contributed by atoms with Gasteiger partial charge < -0.3 is 25.1 Å². The van der Waals surface area contributed by atoms with Crippen LogP contribution in [0.3, 0.4) is 0 Å². The van der Waals surface area contributed by atoms with Crippen molar-refractivity contribution in [2.75, 3.05) is 18.5 Å². The van der Waals surface area contributed by atoms with E-state index in [0.717, 1.165) is 55.8 Å². The minimum Gasteiger partial charge on any atom is -0.490 e. The van der Waals surface area contributed by atoms with Crippen LogP contribution in [0.4, 0.5) is 14.6 Å². The molecule has 5 aromatic rings. The van der Waals surface area contributed by atoms with E-state index in [1.54, 1.807) is 12.4 Å². The third kappa shape index (κ3) is 7.39. The van der Waals surface area contributed by atoms with Crippen molar-refractivity contribution in [3.63, 3.8) is 0 Å². The van der Waals surface area contributed by atoms with Crippen molar-refractivity contribution in [1.29, 1.82) is 0 Å². The summed E-state index contributed by atoms with van der Waals surface area (Å²) >= 11 is 0. The summed E-state index contributed by atoms with van der Waals surface area (Å²) in [6.45, 7) is 3.01. The number of halogens is 2. The second kappa shape index (κ2) is 14.3. The number of benzene rings is 1. The molecule has 46 heavy (non-hydrogen) atoms. The molecule has 10 nitrogen and oxygen atoms in total. The minimum absolute atomic E-state index is 0.0559. The van der Waals surface area contributed by atoms with E-state index >= 15 is 0 Å². The van der Waals surface area contributed by atoms with Gasteiger partial charge in [-0.1, -0.05) is 12.1 Å². The summed E-state index contributed by atoms with van der Waals surface area (Å²) in [6.07, 6.45) is 10.0. The molecule has 3 N–H and O–H groups in total. The number of nitrogens with one attached hydrogen (secondary N) is 3. The van der Waals surface area contributed by atoms with Crippen molar-refractivity contribution in [3.05, 3.63) is 90.1 Å². The number of fused-ring (bicyclic) bond motifs is 1. The predicted molar refractivity (Wildman–Crippen MR) is 170 cm³/mol. The summed E-state index contributed by atoms with van der Waals surface area (Å²) in [5.41, 5.74) is 2.35. The molecule has 6 rings (SSSR count). The number of H-pyrrole nitrogens is 1. The van der Waals surface area contributed by atoms with Crippen LogP contribution in [0.1, 0.15) is 55.1 Å². The van der Waals surface area contributed by atoms with E-state index in [1.807, 2.05) is 43.3 Å². The van der Waals surface area contributed by atoms with Crippen molar-refractivity contribution < 1.29 is 23.0 Å². The maximum absolute atomic E-state index is 14.8. The summed E-state index contributed by atoms with van der Waals surface area (Å²) in [6, 6.07) is 12.4. The zero-order valence-electron chi connectivity index (χ0n) is 25.4. The molecule has 4 aromatic heterocycles. The molecule has 1 amide bonds. The highest BCUT2D eigenvalue weighted by molar-refractivity contribution is 5.93. The number of hydrogen-bond acceptors (Lipinski definition) is 8. The molecule has 0 unspecified atom stereocenters. The van der Waals surface area contributed by atoms with Gasteiger partial charge in [0.15, 0.2) is 29.0 Å². The highest BCUT2D eigenvalue weighted by Crippen LogP contribution is 2.29. The number of hydrogen-bond donors (Lipinski definition) is 3. The lowest BCUT2D eigenvalue weighted by Gasteiger charge is -2.30. The van der Waals surface area contributed by atoms with Crippen LogP contribution in [0.15, 0.2) is 67.3 Å². The lowest BCUT2D eigenvalue weighted by molar-refractivity contribution is 0.0921. The Kier molecular flexibility index (Phi) is 9.61. The summed E-state index contributed by atoms with van der Waals surface area (Å²) in [5.74, 6) is 0.411. The molecule has 238 valence electrons. The Morgan fingerprint density at radius 1 is 1.02 bits per heavy atom.